The van der Waals surface area contributed by atoms with Gasteiger partial charge in [-0.25, -0.2) is 28.6 Å². The Bertz CT molecular complexity index is 1190. The van der Waals surface area contributed by atoms with Gasteiger partial charge in [-0.3, -0.25) is 4.52 Å². The molecule has 0 aromatic carbocycles. The van der Waals surface area contributed by atoms with Crippen LogP contribution in [0.3, 0.4) is 0 Å². The van der Waals surface area contributed by atoms with Crippen LogP contribution in [0.4, 0.5) is 15.4 Å². The molecule has 1 unspecified atom stereocenters. The second kappa shape index (κ2) is 12.1. The third-order valence-electron chi connectivity index (χ3n) is 5.12. The number of hydrogen-bond acceptors (Lipinski definition) is 16. The van der Waals surface area contributed by atoms with Gasteiger partial charge in [-0.15, -0.1) is 11.3 Å². The minimum absolute atomic E-state index is 0.235. The lowest BCUT2D eigenvalue weighted by molar-refractivity contribution is -0.0630. The zero-order valence-corrected chi connectivity index (χ0v) is 23.0. The molecule has 0 saturated carbocycles. The Labute approximate surface area is 221 Å². The molecule has 38 heavy (non-hydrogen) atoms. The van der Waals surface area contributed by atoms with Gasteiger partial charge in [-0.1, -0.05) is 0 Å². The lowest BCUT2D eigenvalue weighted by atomic mass is 9.92. The monoisotopic (exact) mass is 579 g/mol. The maximum atomic E-state index is 13.1. The number of nitrogen functional groups attached to an aromatic ring is 1. The van der Waals surface area contributed by atoms with Gasteiger partial charge in [0.05, 0.1) is 34.6 Å². The number of thiophene rings is 1. The van der Waals surface area contributed by atoms with Crippen molar-refractivity contribution in [3.05, 3.63) is 16.6 Å². The molecule has 17 heteroatoms. The molecule has 0 amide bonds. The number of fused-ring (bicyclic) bond motifs is 1. The van der Waals surface area contributed by atoms with E-state index in [0.717, 1.165) is 0 Å². The van der Waals surface area contributed by atoms with Crippen molar-refractivity contribution in [2.45, 2.75) is 70.7 Å². The lowest BCUT2D eigenvalue weighted by Crippen LogP contribution is -2.43. The van der Waals surface area contributed by atoms with Crippen molar-refractivity contribution >= 4 is 48.2 Å². The smallest absolute Gasteiger partial charge is 0.432 e. The van der Waals surface area contributed by atoms with Crippen LogP contribution in [-0.4, -0.2) is 75.9 Å². The maximum absolute atomic E-state index is 13.1. The molecular formula is C21H30N3O12PS. The Balaban J connectivity index is 1.73. The average molecular weight is 580 g/mol. The molecule has 5 atom stereocenters. The van der Waals surface area contributed by atoms with Crippen molar-refractivity contribution in [2.24, 2.45) is 0 Å². The second-order valence-electron chi connectivity index (χ2n) is 8.91. The fraction of sp³-hybridized carbons (Fsp3) is 0.619. The summed E-state index contributed by atoms with van der Waals surface area (Å²) in [5, 5.41) is 24.1. The molecule has 0 spiro atoms. The molecule has 3 rings (SSSR count). The number of phosphoric acid groups is 1. The zero-order valence-electron chi connectivity index (χ0n) is 21.3. The maximum Gasteiger partial charge on any atom is 0.537 e. The van der Waals surface area contributed by atoms with Crippen molar-refractivity contribution in [2.75, 3.05) is 19.1 Å². The van der Waals surface area contributed by atoms with Crippen LogP contribution in [-0.2, 0) is 37.1 Å². The summed E-state index contributed by atoms with van der Waals surface area (Å²) in [6, 6.07) is 0. The third-order valence-corrected chi connectivity index (χ3v) is 7.39. The third kappa shape index (κ3) is 7.08. The molecule has 1 fully saturated rings. The van der Waals surface area contributed by atoms with Crippen molar-refractivity contribution in [1.82, 2.24) is 9.97 Å². The summed E-state index contributed by atoms with van der Waals surface area (Å²) in [5.41, 5.74) is 4.48. The van der Waals surface area contributed by atoms with Gasteiger partial charge in [-0.05, 0) is 34.6 Å². The highest BCUT2D eigenvalue weighted by Gasteiger charge is 2.54. The molecule has 1 aliphatic heterocycles. The topological polar surface area (TPSA) is 208 Å². The minimum Gasteiger partial charge on any atom is -0.432 e. The zero-order chi connectivity index (χ0) is 28.3. The van der Waals surface area contributed by atoms with Crippen LogP contribution in [0.1, 0.15) is 45.6 Å². The standard InChI is InChI=1S/C21H30N3O12PS/c1-10(2)33-19(26)30-9-32-37(29,36-20(27)34-11(3)4)31-6-13-16(25)21(5,28)17(35-13)15-14-12(7-38-15)18(22)24-8-23-14/h7-8,10-11,13,16-17,25,28H,6,9H2,1-5H3,(H2,22,23,24)/t13-,16-,17+,21-,37?/m1/s1. The summed E-state index contributed by atoms with van der Waals surface area (Å²) in [6.45, 7) is 5.92. The molecule has 3 heterocycles. The SMILES string of the molecule is CC(C)OC(=O)OCOP(=O)(OC[C@H]1O[C@@H](c2scc3c(N)ncnc23)[C@](C)(O)[C@@H]1O)OC(=O)OC(C)C. The number of hydrogen-bond donors (Lipinski definition) is 3. The summed E-state index contributed by atoms with van der Waals surface area (Å²) >= 11 is 1.19. The molecule has 212 valence electrons. The summed E-state index contributed by atoms with van der Waals surface area (Å²) in [7, 11) is -4.78. The predicted molar refractivity (Wildman–Crippen MR) is 131 cm³/mol. The number of rotatable bonds is 10. The number of ether oxygens (including phenoxy) is 4. The molecule has 4 N–H and O–H groups in total. The van der Waals surface area contributed by atoms with E-state index in [1.807, 2.05) is 0 Å². The molecule has 1 saturated heterocycles. The second-order valence-corrected chi connectivity index (χ2v) is 11.4. The highest BCUT2D eigenvalue weighted by atomic mass is 32.1. The van der Waals surface area contributed by atoms with Gasteiger partial charge >= 0.3 is 20.1 Å². The number of aromatic nitrogens is 2. The molecule has 2 aromatic rings. The molecular weight excluding hydrogens is 549 g/mol. The molecule has 0 radical (unpaired) electrons. The number of carbonyl (C=O) groups excluding carboxylic acids is 2. The number of nitrogens with zero attached hydrogens (tertiary/aromatic N) is 2. The van der Waals surface area contributed by atoms with E-state index < -0.39 is 69.7 Å². The van der Waals surface area contributed by atoms with E-state index in [1.54, 1.807) is 19.2 Å². The average Bonchev–Trinajstić information content (AvgIpc) is 3.31. The Morgan fingerprint density at radius 1 is 1.18 bits per heavy atom. The van der Waals surface area contributed by atoms with Crippen LogP contribution in [0.2, 0.25) is 0 Å². The fourth-order valence-electron chi connectivity index (χ4n) is 3.39. The van der Waals surface area contributed by atoms with Crippen molar-refractivity contribution in [1.29, 1.82) is 0 Å². The van der Waals surface area contributed by atoms with E-state index in [2.05, 4.69) is 14.7 Å². The summed E-state index contributed by atoms with van der Waals surface area (Å²) in [6.07, 6.45) is -6.25. The van der Waals surface area contributed by atoms with Crippen LogP contribution >= 0.6 is 19.2 Å². The Morgan fingerprint density at radius 2 is 1.84 bits per heavy atom. The lowest BCUT2D eigenvalue weighted by Gasteiger charge is -2.26. The van der Waals surface area contributed by atoms with Gasteiger partial charge in [0.25, 0.3) is 0 Å². The van der Waals surface area contributed by atoms with E-state index in [1.165, 1.54) is 38.4 Å². The number of carbonyl (C=O) groups is 2. The Kier molecular flexibility index (Phi) is 9.52. The normalized spacial score (nSPS) is 24.9. The molecule has 15 nitrogen and oxygen atoms in total. The minimum atomic E-state index is -4.78. The molecule has 0 bridgehead atoms. The first kappa shape index (κ1) is 30.0. The number of aliphatic hydroxyl groups excluding tert-OH is 1. The van der Waals surface area contributed by atoms with Gasteiger partial charge in [0, 0.05) is 5.38 Å². The van der Waals surface area contributed by atoms with E-state index in [0.29, 0.717) is 15.8 Å². The number of aliphatic hydroxyl groups is 2. The van der Waals surface area contributed by atoms with Crippen LogP contribution in [0.5, 0.6) is 0 Å². The van der Waals surface area contributed by atoms with Crippen molar-refractivity contribution in [3.63, 3.8) is 0 Å². The van der Waals surface area contributed by atoms with E-state index >= 15 is 0 Å². The number of phosphoric ester groups is 1. The van der Waals surface area contributed by atoms with Gasteiger partial charge < -0.3 is 39.4 Å². The van der Waals surface area contributed by atoms with E-state index in [4.69, 9.17) is 33.5 Å². The van der Waals surface area contributed by atoms with Crippen LogP contribution in [0, 0.1) is 0 Å². The highest BCUT2D eigenvalue weighted by molar-refractivity contribution is 7.49. The summed E-state index contributed by atoms with van der Waals surface area (Å²) in [4.78, 5) is 32.1. The van der Waals surface area contributed by atoms with Crippen LogP contribution in [0.25, 0.3) is 10.9 Å². The highest BCUT2D eigenvalue weighted by Crippen LogP contribution is 2.52. The first-order chi connectivity index (χ1) is 17.7. The van der Waals surface area contributed by atoms with Gasteiger partial charge in [0.15, 0.2) is 0 Å². The van der Waals surface area contributed by atoms with E-state index in [9.17, 15) is 24.4 Å². The number of nitrogens with two attached hydrogens (primary N) is 1. The van der Waals surface area contributed by atoms with Crippen LogP contribution in [0.15, 0.2) is 11.7 Å². The quantitative estimate of drug-likeness (QED) is 0.210. The first-order valence-electron chi connectivity index (χ1n) is 11.4. The fourth-order valence-corrected chi connectivity index (χ4v) is 5.47. The Morgan fingerprint density at radius 3 is 2.50 bits per heavy atom. The summed E-state index contributed by atoms with van der Waals surface area (Å²) < 4.78 is 48.0. The predicted octanol–water partition coefficient (Wildman–Crippen LogP) is 3.05. The molecule has 2 aromatic heterocycles. The molecule has 0 aliphatic carbocycles. The molecule has 1 aliphatic rings. The van der Waals surface area contributed by atoms with E-state index in [-0.39, 0.29) is 5.82 Å². The first-order valence-corrected chi connectivity index (χ1v) is 13.7. The van der Waals surface area contributed by atoms with Crippen LogP contribution < -0.4 is 5.73 Å². The number of anilines is 1. The summed E-state index contributed by atoms with van der Waals surface area (Å²) in [5.74, 6) is 0.235. The van der Waals surface area contributed by atoms with Crippen molar-refractivity contribution in [3.8, 4) is 0 Å². The van der Waals surface area contributed by atoms with Crippen molar-refractivity contribution < 1.29 is 56.9 Å². The van der Waals surface area contributed by atoms with Gasteiger partial charge in [0.2, 0.25) is 6.79 Å². The Hall–Kier alpha value is -2.59. The largest absolute Gasteiger partial charge is 0.537 e. The van der Waals surface area contributed by atoms with Gasteiger partial charge in [0.1, 0.15) is 36.1 Å². The van der Waals surface area contributed by atoms with Gasteiger partial charge in [-0.2, -0.15) is 0 Å².